The van der Waals surface area contributed by atoms with Crippen LogP contribution in [0.1, 0.15) is 6.42 Å². The van der Waals surface area contributed by atoms with Crippen LogP contribution in [-0.4, -0.2) is 25.8 Å². The fourth-order valence-corrected chi connectivity index (χ4v) is 0.657. The summed E-state index contributed by atoms with van der Waals surface area (Å²) in [6.07, 6.45) is 5.55. The van der Waals surface area contributed by atoms with E-state index in [0.29, 0.717) is 6.42 Å². The second kappa shape index (κ2) is 9.29. The van der Waals surface area contributed by atoms with Gasteiger partial charge in [-0.15, -0.1) is 0 Å². The average Bonchev–Trinajstić information content (AvgIpc) is 2.27. The Kier molecular flexibility index (Phi) is 7.97. The van der Waals surface area contributed by atoms with Gasteiger partial charge < -0.3 is 9.47 Å². The van der Waals surface area contributed by atoms with E-state index >= 15 is 0 Å². The summed E-state index contributed by atoms with van der Waals surface area (Å²) in [5.41, 5.74) is 7.88. The molecule has 0 bridgehead atoms. The van der Waals surface area contributed by atoms with Crippen LogP contribution in [0.5, 0.6) is 0 Å². The van der Waals surface area contributed by atoms with Gasteiger partial charge in [-0.05, 0) is 12.0 Å². The molecule has 0 saturated heterocycles. The Balaban J connectivity index is 3.63. The molecule has 0 aliphatic rings. The topological polar surface area (TPSA) is 101 Å². The Morgan fingerprint density at radius 2 is 2.19 bits per heavy atom. The quantitative estimate of drug-likeness (QED) is 0.136. The first-order valence-electron chi connectivity index (χ1n) is 4.33. The predicted octanol–water partition coefficient (Wildman–Crippen LogP) is 2.11. The SMILES string of the molecule is COC(=O)/C=C/C=C\CCOC(=O)N=[N+]=[N-]. The Morgan fingerprint density at radius 3 is 2.81 bits per heavy atom. The van der Waals surface area contributed by atoms with Crippen LogP contribution in [0.15, 0.2) is 29.4 Å². The largest absolute Gasteiger partial charge is 0.466 e. The van der Waals surface area contributed by atoms with Crippen LogP contribution < -0.4 is 0 Å². The molecule has 0 aromatic heterocycles. The van der Waals surface area contributed by atoms with E-state index in [9.17, 15) is 9.59 Å². The Labute approximate surface area is 92.0 Å². The molecule has 0 aliphatic carbocycles. The van der Waals surface area contributed by atoms with E-state index in [4.69, 9.17) is 5.53 Å². The molecular weight excluding hydrogens is 214 g/mol. The summed E-state index contributed by atoms with van der Waals surface area (Å²) < 4.78 is 8.87. The van der Waals surface area contributed by atoms with Crippen LogP contribution in [0.4, 0.5) is 4.79 Å². The van der Waals surface area contributed by atoms with E-state index in [1.165, 1.54) is 19.3 Å². The minimum atomic E-state index is -0.957. The molecule has 86 valence electrons. The lowest BCUT2D eigenvalue weighted by Gasteiger charge is -1.95. The maximum absolute atomic E-state index is 10.6. The van der Waals surface area contributed by atoms with Gasteiger partial charge in [-0.1, -0.05) is 18.2 Å². The highest BCUT2D eigenvalue weighted by Gasteiger charge is 1.94. The molecule has 0 spiro atoms. The van der Waals surface area contributed by atoms with Gasteiger partial charge in [-0.3, -0.25) is 0 Å². The number of rotatable bonds is 5. The van der Waals surface area contributed by atoms with Gasteiger partial charge >= 0.3 is 12.1 Å². The molecule has 0 aliphatic heterocycles. The third-order valence-electron chi connectivity index (χ3n) is 1.32. The number of carbonyl (C=O) groups is 2. The van der Waals surface area contributed by atoms with Crippen molar-refractivity contribution in [2.75, 3.05) is 13.7 Å². The number of ether oxygens (including phenoxy) is 2. The number of allylic oxidation sites excluding steroid dienone is 2. The fourth-order valence-electron chi connectivity index (χ4n) is 0.657. The maximum Gasteiger partial charge on any atom is 0.396 e. The van der Waals surface area contributed by atoms with Crippen LogP contribution in [0, 0.1) is 0 Å². The third-order valence-corrected chi connectivity index (χ3v) is 1.32. The second-order valence-electron chi connectivity index (χ2n) is 2.40. The van der Waals surface area contributed by atoms with Crippen LogP contribution in [0.3, 0.4) is 0 Å². The van der Waals surface area contributed by atoms with Crippen LogP contribution in [-0.2, 0) is 14.3 Å². The molecule has 7 heteroatoms. The minimum absolute atomic E-state index is 0.112. The summed E-state index contributed by atoms with van der Waals surface area (Å²) in [7, 11) is 1.28. The summed E-state index contributed by atoms with van der Waals surface area (Å²) in [4.78, 5) is 23.4. The van der Waals surface area contributed by atoms with Crippen molar-refractivity contribution in [1.29, 1.82) is 0 Å². The molecule has 0 saturated carbocycles. The number of hydrogen-bond acceptors (Lipinski definition) is 4. The highest BCUT2D eigenvalue weighted by Crippen LogP contribution is 1.90. The van der Waals surface area contributed by atoms with E-state index in [0.717, 1.165) is 0 Å². The normalized spacial score (nSPS) is 10.1. The molecule has 0 rings (SSSR count). The fraction of sp³-hybridized carbons (Fsp3) is 0.333. The van der Waals surface area contributed by atoms with Crippen molar-refractivity contribution in [1.82, 2.24) is 0 Å². The molecule has 0 radical (unpaired) electrons. The highest BCUT2D eigenvalue weighted by atomic mass is 16.5. The molecule has 7 nitrogen and oxygen atoms in total. The van der Waals surface area contributed by atoms with Gasteiger partial charge in [0, 0.05) is 16.1 Å². The van der Waals surface area contributed by atoms with E-state index in [1.54, 1.807) is 12.2 Å². The highest BCUT2D eigenvalue weighted by molar-refractivity contribution is 5.82. The standard InChI is InChI=1S/C9H11N3O4/c1-15-8(13)6-4-2-3-5-7-16-9(14)11-12-10/h2-4,6H,5,7H2,1H3/b3-2-,6-4+. The Morgan fingerprint density at radius 1 is 1.44 bits per heavy atom. The predicted molar refractivity (Wildman–Crippen MR) is 55.4 cm³/mol. The first-order chi connectivity index (χ1) is 7.70. The molecular formula is C9H11N3O4. The van der Waals surface area contributed by atoms with Crippen molar-refractivity contribution in [3.05, 3.63) is 34.7 Å². The number of nitrogens with zero attached hydrogens (tertiary/aromatic N) is 3. The van der Waals surface area contributed by atoms with Gasteiger partial charge in [0.25, 0.3) is 0 Å². The van der Waals surface area contributed by atoms with Crippen LogP contribution in [0.25, 0.3) is 10.4 Å². The number of azide groups is 1. The van der Waals surface area contributed by atoms with E-state index in [-0.39, 0.29) is 6.61 Å². The Bertz CT molecular complexity index is 343. The lowest BCUT2D eigenvalue weighted by atomic mass is 10.3. The van der Waals surface area contributed by atoms with E-state index in [1.807, 2.05) is 0 Å². The van der Waals surface area contributed by atoms with Gasteiger partial charge in [-0.25, -0.2) is 9.59 Å². The summed E-state index contributed by atoms with van der Waals surface area (Å²) in [5, 5.41) is 2.71. The van der Waals surface area contributed by atoms with Crippen molar-refractivity contribution < 1.29 is 19.1 Å². The second-order valence-corrected chi connectivity index (χ2v) is 2.40. The summed E-state index contributed by atoms with van der Waals surface area (Å²) in [6.45, 7) is 0.112. The molecule has 16 heavy (non-hydrogen) atoms. The lowest BCUT2D eigenvalue weighted by Crippen LogP contribution is -1.98. The maximum atomic E-state index is 10.6. The zero-order valence-corrected chi connectivity index (χ0v) is 8.70. The molecule has 1 amide bonds. The molecule has 0 heterocycles. The van der Waals surface area contributed by atoms with Crippen LogP contribution >= 0.6 is 0 Å². The van der Waals surface area contributed by atoms with Crippen molar-refractivity contribution in [2.24, 2.45) is 5.11 Å². The Hall–Kier alpha value is -2.27. The third kappa shape index (κ3) is 8.33. The number of methoxy groups -OCH3 is 1. The minimum Gasteiger partial charge on any atom is -0.466 e. The van der Waals surface area contributed by atoms with Crippen molar-refractivity contribution in [3.8, 4) is 0 Å². The number of carbonyl (C=O) groups excluding carboxylic acids is 2. The summed E-state index contributed by atoms with van der Waals surface area (Å²) >= 11 is 0. The van der Waals surface area contributed by atoms with Crippen molar-refractivity contribution in [2.45, 2.75) is 6.42 Å². The molecule has 0 aromatic carbocycles. The smallest absolute Gasteiger partial charge is 0.396 e. The van der Waals surface area contributed by atoms with Crippen molar-refractivity contribution >= 4 is 12.1 Å². The monoisotopic (exact) mass is 225 g/mol. The van der Waals surface area contributed by atoms with Gasteiger partial charge in [0.15, 0.2) is 0 Å². The molecule has 0 N–H and O–H groups in total. The molecule has 0 fully saturated rings. The van der Waals surface area contributed by atoms with Gasteiger partial charge in [0.2, 0.25) is 0 Å². The molecule has 0 atom stereocenters. The van der Waals surface area contributed by atoms with E-state index < -0.39 is 12.1 Å². The summed E-state index contributed by atoms with van der Waals surface area (Å²) in [6, 6.07) is 0. The van der Waals surface area contributed by atoms with Gasteiger partial charge in [-0.2, -0.15) is 0 Å². The lowest BCUT2D eigenvalue weighted by molar-refractivity contribution is -0.134. The van der Waals surface area contributed by atoms with Gasteiger partial charge in [0.1, 0.15) is 0 Å². The summed E-state index contributed by atoms with van der Waals surface area (Å²) in [5.74, 6) is -0.445. The zero-order valence-electron chi connectivity index (χ0n) is 8.70. The average molecular weight is 225 g/mol. The van der Waals surface area contributed by atoms with Crippen molar-refractivity contribution in [3.63, 3.8) is 0 Å². The first kappa shape index (κ1) is 13.7. The van der Waals surface area contributed by atoms with E-state index in [2.05, 4.69) is 19.5 Å². The molecule has 0 unspecified atom stereocenters. The number of amides is 1. The first-order valence-corrected chi connectivity index (χ1v) is 4.33. The van der Waals surface area contributed by atoms with Crippen LogP contribution in [0.2, 0.25) is 0 Å². The number of hydrogen-bond donors (Lipinski definition) is 0. The zero-order chi connectivity index (χ0) is 12.2. The number of esters is 1. The van der Waals surface area contributed by atoms with Gasteiger partial charge in [0.05, 0.1) is 13.7 Å². The molecule has 0 aromatic rings.